The maximum absolute atomic E-state index is 14.3. The standard InChI is InChI=1S/C23H30FN3O4S/c1-5-18-11-8-10-14-21(18)27(32(4,30)31)16-22(28)26(17(3)23(29)25-6-2)15-19-12-7-9-13-20(19)24/h7-14,17H,5-6,15-16H2,1-4H3,(H,25,29)/t17-/m0/s1. The zero-order valence-corrected chi connectivity index (χ0v) is 19.7. The van der Waals surface area contributed by atoms with Gasteiger partial charge in [0.15, 0.2) is 0 Å². The fourth-order valence-electron chi connectivity index (χ4n) is 3.36. The molecule has 2 amide bonds. The molecule has 0 aliphatic rings. The number of amides is 2. The molecule has 2 aromatic carbocycles. The van der Waals surface area contributed by atoms with E-state index in [0.29, 0.717) is 18.7 Å². The molecule has 2 rings (SSSR count). The Labute approximate surface area is 189 Å². The van der Waals surface area contributed by atoms with E-state index in [9.17, 15) is 22.4 Å². The number of halogens is 1. The third-order valence-corrected chi connectivity index (χ3v) is 6.26. The van der Waals surface area contributed by atoms with Gasteiger partial charge in [-0.1, -0.05) is 43.3 Å². The average Bonchev–Trinajstić information content (AvgIpc) is 2.75. The summed E-state index contributed by atoms with van der Waals surface area (Å²) in [7, 11) is -3.81. The van der Waals surface area contributed by atoms with E-state index in [-0.39, 0.29) is 12.1 Å². The monoisotopic (exact) mass is 463 g/mol. The molecule has 174 valence electrons. The van der Waals surface area contributed by atoms with Gasteiger partial charge in [0.05, 0.1) is 11.9 Å². The van der Waals surface area contributed by atoms with E-state index in [2.05, 4.69) is 5.32 Å². The van der Waals surface area contributed by atoms with Crippen LogP contribution in [-0.4, -0.2) is 50.5 Å². The molecule has 0 unspecified atom stereocenters. The van der Waals surface area contributed by atoms with Crippen LogP contribution >= 0.6 is 0 Å². The van der Waals surface area contributed by atoms with Crippen LogP contribution in [0.25, 0.3) is 0 Å². The van der Waals surface area contributed by atoms with Gasteiger partial charge in [-0.15, -0.1) is 0 Å². The number of para-hydroxylation sites is 1. The highest BCUT2D eigenvalue weighted by molar-refractivity contribution is 7.92. The summed E-state index contributed by atoms with van der Waals surface area (Å²) in [5.74, 6) is -1.52. The number of hydrogen-bond donors (Lipinski definition) is 1. The van der Waals surface area contributed by atoms with E-state index in [0.717, 1.165) is 16.1 Å². The molecule has 0 aliphatic carbocycles. The Morgan fingerprint density at radius 2 is 1.62 bits per heavy atom. The predicted octanol–water partition coefficient (Wildman–Crippen LogP) is 2.71. The zero-order chi connectivity index (χ0) is 23.9. The third-order valence-electron chi connectivity index (χ3n) is 5.14. The van der Waals surface area contributed by atoms with Gasteiger partial charge in [0.2, 0.25) is 21.8 Å². The Morgan fingerprint density at radius 3 is 2.19 bits per heavy atom. The number of anilines is 1. The first-order valence-electron chi connectivity index (χ1n) is 10.5. The van der Waals surface area contributed by atoms with E-state index in [1.807, 2.05) is 6.92 Å². The SMILES string of the molecule is CCNC(=O)[C@H](C)N(Cc1ccccc1F)C(=O)CN(c1ccccc1CC)S(C)(=O)=O. The summed E-state index contributed by atoms with van der Waals surface area (Å²) in [5.41, 5.74) is 1.40. The maximum atomic E-state index is 14.3. The summed E-state index contributed by atoms with van der Waals surface area (Å²) in [5, 5.41) is 2.66. The van der Waals surface area contributed by atoms with Crippen molar-refractivity contribution in [2.45, 2.75) is 39.8 Å². The van der Waals surface area contributed by atoms with E-state index in [1.165, 1.54) is 30.0 Å². The maximum Gasteiger partial charge on any atom is 0.244 e. The van der Waals surface area contributed by atoms with Crippen LogP contribution in [0.4, 0.5) is 10.1 Å². The highest BCUT2D eigenvalue weighted by atomic mass is 32.2. The molecule has 2 aromatic rings. The molecule has 0 saturated carbocycles. The van der Waals surface area contributed by atoms with Gasteiger partial charge in [-0.25, -0.2) is 12.8 Å². The molecular weight excluding hydrogens is 433 g/mol. The van der Waals surface area contributed by atoms with Crippen LogP contribution < -0.4 is 9.62 Å². The Bertz CT molecular complexity index is 1060. The van der Waals surface area contributed by atoms with Crippen molar-refractivity contribution < 1.29 is 22.4 Å². The lowest BCUT2D eigenvalue weighted by Crippen LogP contribution is -2.51. The highest BCUT2D eigenvalue weighted by Crippen LogP contribution is 2.24. The summed E-state index contributed by atoms with van der Waals surface area (Å²) < 4.78 is 40.5. The van der Waals surface area contributed by atoms with Gasteiger partial charge in [0.25, 0.3) is 0 Å². The molecule has 1 N–H and O–H groups in total. The summed E-state index contributed by atoms with van der Waals surface area (Å²) >= 11 is 0. The molecule has 0 aliphatic heterocycles. The van der Waals surface area contributed by atoms with Crippen molar-refractivity contribution in [1.29, 1.82) is 0 Å². The molecule has 7 nitrogen and oxygen atoms in total. The molecule has 0 saturated heterocycles. The Hall–Kier alpha value is -2.94. The van der Waals surface area contributed by atoms with Crippen LogP contribution in [0.15, 0.2) is 48.5 Å². The van der Waals surface area contributed by atoms with Gasteiger partial charge < -0.3 is 10.2 Å². The van der Waals surface area contributed by atoms with E-state index < -0.39 is 40.2 Å². The van der Waals surface area contributed by atoms with Crippen LogP contribution in [0.5, 0.6) is 0 Å². The number of nitrogens with zero attached hydrogens (tertiary/aromatic N) is 2. The van der Waals surface area contributed by atoms with E-state index in [1.54, 1.807) is 37.3 Å². The van der Waals surface area contributed by atoms with Gasteiger partial charge in [-0.05, 0) is 38.0 Å². The quantitative estimate of drug-likeness (QED) is 0.587. The van der Waals surface area contributed by atoms with Crippen LogP contribution in [0.1, 0.15) is 31.9 Å². The second-order valence-electron chi connectivity index (χ2n) is 7.44. The lowest BCUT2D eigenvalue weighted by atomic mass is 10.1. The second-order valence-corrected chi connectivity index (χ2v) is 9.34. The smallest absolute Gasteiger partial charge is 0.244 e. The minimum absolute atomic E-state index is 0.170. The first-order valence-corrected chi connectivity index (χ1v) is 12.3. The number of hydrogen-bond acceptors (Lipinski definition) is 4. The number of carbonyl (C=O) groups is 2. The Morgan fingerprint density at radius 1 is 1.03 bits per heavy atom. The molecule has 0 spiro atoms. The summed E-state index contributed by atoms with van der Waals surface area (Å²) in [6.45, 7) is 4.87. The van der Waals surface area contributed by atoms with Crippen molar-refractivity contribution in [1.82, 2.24) is 10.2 Å². The Balaban J connectivity index is 2.44. The fraction of sp³-hybridized carbons (Fsp3) is 0.391. The number of benzene rings is 2. The van der Waals surface area contributed by atoms with Crippen molar-refractivity contribution >= 4 is 27.5 Å². The molecule has 0 fully saturated rings. The number of carbonyl (C=O) groups excluding carboxylic acids is 2. The topological polar surface area (TPSA) is 86.8 Å². The van der Waals surface area contributed by atoms with E-state index >= 15 is 0 Å². The fourth-order valence-corrected chi connectivity index (χ4v) is 4.24. The van der Waals surface area contributed by atoms with Crippen molar-refractivity contribution in [3.8, 4) is 0 Å². The molecule has 9 heteroatoms. The Kier molecular flexibility index (Phi) is 8.77. The number of likely N-dealkylation sites (N-methyl/N-ethyl adjacent to an activating group) is 1. The molecule has 0 aromatic heterocycles. The van der Waals surface area contributed by atoms with E-state index in [4.69, 9.17) is 0 Å². The van der Waals surface area contributed by atoms with Crippen molar-refractivity contribution in [2.75, 3.05) is 23.7 Å². The highest BCUT2D eigenvalue weighted by Gasteiger charge is 2.30. The summed E-state index contributed by atoms with van der Waals surface area (Å²) in [6, 6.07) is 12.0. The van der Waals surface area contributed by atoms with Gasteiger partial charge >= 0.3 is 0 Å². The average molecular weight is 464 g/mol. The number of nitrogens with one attached hydrogen (secondary N) is 1. The number of rotatable bonds is 10. The van der Waals surface area contributed by atoms with Crippen molar-refractivity contribution in [3.05, 3.63) is 65.5 Å². The second kappa shape index (κ2) is 11.1. The van der Waals surface area contributed by atoms with Gasteiger partial charge in [0, 0.05) is 18.7 Å². The minimum Gasteiger partial charge on any atom is -0.355 e. The molecule has 1 atom stereocenters. The van der Waals surface area contributed by atoms with Gasteiger partial charge in [-0.3, -0.25) is 13.9 Å². The summed E-state index contributed by atoms with van der Waals surface area (Å²) in [4.78, 5) is 27.0. The lowest BCUT2D eigenvalue weighted by Gasteiger charge is -2.32. The molecule has 0 heterocycles. The van der Waals surface area contributed by atoms with Crippen LogP contribution in [-0.2, 0) is 32.6 Å². The van der Waals surface area contributed by atoms with Crippen LogP contribution in [0, 0.1) is 5.82 Å². The van der Waals surface area contributed by atoms with Gasteiger partial charge in [-0.2, -0.15) is 0 Å². The van der Waals surface area contributed by atoms with Crippen LogP contribution in [0.3, 0.4) is 0 Å². The molecule has 32 heavy (non-hydrogen) atoms. The van der Waals surface area contributed by atoms with Crippen LogP contribution in [0.2, 0.25) is 0 Å². The predicted molar refractivity (Wildman–Crippen MR) is 123 cm³/mol. The van der Waals surface area contributed by atoms with Crippen molar-refractivity contribution in [2.24, 2.45) is 0 Å². The van der Waals surface area contributed by atoms with Gasteiger partial charge in [0.1, 0.15) is 18.4 Å². The molecule has 0 bridgehead atoms. The first-order chi connectivity index (χ1) is 15.1. The molecular formula is C23H30FN3O4S. The normalized spacial score (nSPS) is 12.2. The minimum atomic E-state index is -3.81. The zero-order valence-electron chi connectivity index (χ0n) is 18.8. The molecule has 0 radical (unpaired) electrons. The number of aryl methyl sites for hydroxylation is 1. The lowest BCUT2D eigenvalue weighted by molar-refractivity contribution is -0.139. The third kappa shape index (κ3) is 6.29. The largest absolute Gasteiger partial charge is 0.355 e. The first kappa shape index (κ1) is 25.3. The van der Waals surface area contributed by atoms with Crippen molar-refractivity contribution in [3.63, 3.8) is 0 Å². The summed E-state index contributed by atoms with van der Waals surface area (Å²) in [6.07, 6.45) is 1.60. The number of sulfonamides is 1.